The third-order valence-corrected chi connectivity index (χ3v) is 5.80. The molecule has 3 aromatic rings. The largest absolute Gasteiger partial charge is 0.301 e. The van der Waals surface area contributed by atoms with Crippen LogP contribution in [-0.4, -0.2) is 53.4 Å². The molecule has 1 aliphatic rings. The SMILES string of the molecule is O=C(CN1CCN(Cc2ccccc2)CC1)Nc1nc(-c2ccc(F)c(F)c2)cs1. The lowest BCUT2D eigenvalue weighted by Gasteiger charge is -2.34. The van der Waals surface area contributed by atoms with Gasteiger partial charge in [0.05, 0.1) is 12.2 Å². The van der Waals surface area contributed by atoms with E-state index in [1.807, 2.05) is 18.2 Å². The molecule has 8 heteroatoms. The number of hydrogen-bond donors (Lipinski definition) is 1. The summed E-state index contributed by atoms with van der Waals surface area (Å²) < 4.78 is 26.5. The standard InChI is InChI=1S/C22H22F2N4OS/c23-18-7-6-17(12-19(18)24)20-15-30-22(25-20)26-21(29)14-28-10-8-27(9-11-28)13-16-4-2-1-3-5-16/h1-7,12,15H,8-11,13-14H2,(H,25,26,29). The van der Waals surface area contributed by atoms with Crippen molar-refractivity contribution in [3.05, 3.63) is 71.1 Å². The summed E-state index contributed by atoms with van der Waals surface area (Å²) in [5.41, 5.74) is 2.27. The molecule has 1 saturated heterocycles. The van der Waals surface area contributed by atoms with E-state index in [1.165, 1.54) is 23.0 Å². The van der Waals surface area contributed by atoms with Gasteiger partial charge in [-0.2, -0.15) is 0 Å². The molecular weight excluding hydrogens is 406 g/mol. The summed E-state index contributed by atoms with van der Waals surface area (Å²) in [7, 11) is 0. The number of hydrogen-bond acceptors (Lipinski definition) is 5. The van der Waals surface area contributed by atoms with Crippen LogP contribution in [0.1, 0.15) is 5.56 Å². The third kappa shape index (κ3) is 5.27. The highest BCUT2D eigenvalue weighted by atomic mass is 32.1. The van der Waals surface area contributed by atoms with Crippen LogP contribution < -0.4 is 5.32 Å². The van der Waals surface area contributed by atoms with E-state index in [-0.39, 0.29) is 5.91 Å². The number of aromatic nitrogens is 1. The Labute approximate surface area is 178 Å². The van der Waals surface area contributed by atoms with Gasteiger partial charge in [0.1, 0.15) is 0 Å². The van der Waals surface area contributed by atoms with Gasteiger partial charge in [-0.15, -0.1) is 11.3 Å². The molecule has 2 heterocycles. The Bertz CT molecular complexity index is 1000. The average molecular weight is 429 g/mol. The minimum absolute atomic E-state index is 0.127. The number of thiazole rings is 1. The van der Waals surface area contributed by atoms with Gasteiger partial charge in [-0.3, -0.25) is 14.6 Å². The zero-order chi connectivity index (χ0) is 20.9. The molecular formula is C22H22F2N4OS. The first-order valence-corrected chi connectivity index (χ1v) is 10.6. The fourth-order valence-electron chi connectivity index (χ4n) is 3.43. The number of rotatable bonds is 6. The zero-order valence-electron chi connectivity index (χ0n) is 16.4. The molecule has 0 bridgehead atoms. The van der Waals surface area contributed by atoms with Crippen molar-refractivity contribution in [1.29, 1.82) is 0 Å². The van der Waals surface area contributed by atoms with Crippen molar-refractivity contribution in [2.45, 2.75) is 6.54 Å². The van der Waals surface area contributed by atoms with Crippen molar-refractivity contribution in [2.24, 2.45) is 0 Å². The summed E-state index contributed by atoms with van der Waals surface area (Å²) >= 11 is 1.26. The number of anilines is 1. The van der Waals surface area contributed by atoms with E-state index in [9.17, 15) is 13.6 Å². The maximum absolute atomic E-state index is 13.4. The second-order valence-corrected chi connectivity index (χ2v) is 8.11. The molecule has 0 unspecified atom stereocenters. The van der Waals surface area contributed by atoms with Gasteiger partial charge < -0.3 is 5.32 Å². The van der Waals surface area contributed by atoms with Crippen LogP contribution in [-0.2, 0) is 11.3 Å². The Morgan fingerprint density at radius 1 is 1.00 bits per heavy atom. The molecule has 4 rings (SSSR count). The van der Waals surface area contributed by atoms with Gasteiger partial charge in [-0.05, 0) is 23.8 Å². The molecule has 1 amide bonds. The van der Waals surface area contributed by atoms with E-state index in [0.29, 0.717) is 22.9 Å². The van der Waals surface area contributed by atoms with E-state index in [2.05, 4.69) is 32.2 Å². The van der Waals surface area contributed by atoms with Gasteiger partial charge in [-0.25, -0.2) is 13.8 Å². The molecule has 0 saturated carbocycles. The second kappa shape index (κ2) is 9.42. The number of halogens is 2. The second-order valence-electron chi connectivity index (χ2n) is 7.25. The van der Waals surface area contributed by atoms with Crippen molar-refractivity contribution < 1.29 is 13.6 Å². The van der Waals surface area contributed by atoms with Crippen LogP contribution >= 0.6 is 11.3 Å². The van der Waals surface area contributed by atoms with Gasteiger partial charge in [0.2, 0.25) is 5.91 Å². The summed E-state index contributed by atoms with van der Waals surface area (Å²) in [6, 6.07) is 14.0. The number of piperazine rings is 1. The van der Waals surface area contributed by atoms with Crippen molar-refractivity contribution >= 4 is 22.4 Å². The van der Waals surface area contributed by atoms with Crippen LogP contribution in [0.3, 0.4) is 0 Å². The molecule has 0 spiro atoms. The summed E-state index contributed by atoms with van der Waals surface area (Å²) in [5, 5.41) is 4.96. The average Bonchev–Trinajstić information content (AvgIpc) is 3.20. The highest BCUT2D eigenvalue weighted by Crippen LogP contribution is 2.26. The number of nitrogens with one attached hydrogen (secondary N) is 1. The molecule has 2 aromatic carbocycles. The van der Waals surface area contributed by atoms with Gasteiger partial charge in [-0.1, -0.05) is 30.3 Å². The number of amides is 1. The first-order chi connectivity index (χ1) is 14.6. The minimum atomic E-state index is -0.919. The normalized spacial score (nSPS) is 15.3. The Hall–Kier alpha value is -2.68. The molecule has 5 nitrogen and oxygen atoms in total. The summed E-state index contributed by atoms with van der Waals surface area (Å²) in [6.45, 7) is 4.72. The molecule has 1 fully saturated rings. The van der Waals surface area contributed by atoms with Crippen LogP contribution in [0.2, 0.25) is 0 Å². The Balaban J connectivity index is 1.25. The van der Waals surface area contributed by atoms with E-state index < -0.39 is 11.6 Å². The molecule has 1 aromatic heterocycles. The predicted octanol–water partition coefficient (Wildman–Crippen LogP) is 3.84. The minimum Gasteiger partial charge on any atom is -0.301 e. The molecule has 0 aliphatic carbocycles. The van der Waals surface area contributed by atoms with E-state index >= 15 is 0 Å². The smallest absolute Gasteiger partial charge is 0.240 e. The Morgan fingerprint density at radius 3 is 2.47 bits per heavy atom. The van der Waals surface area contributed by atoms with Crippen molar-refractivity contribution in [3.63, 3.8) is 0 Å². The number of carbonyl (C=O) groups excluding carboxylic acids is 1. The molecule has 30 heavy (non-hydrogen) atoms. The lowest BCUT2D eigenvalue weighted by Crippen LogP contribution is -2.48. The zero-order valence-corrected chi connectivity index (χ0v) is 17.2. The lowest BCUT2D eigenvalue weighted by molar-refractivity contribution is -0.117. The molecule has 0 radical (unpaired) electrons. The maximum atomic E-state index is 13.4. The molecule has 1 N–H and O–H groups in total. The van der Waals surface area contributed by atoms with Gasteiger partial charge in [0, 0.05) is 43.7 Å². The summed E-state index contributed by atoms with van der Waals surface area (Å²) in [4.78, 5) is 21.2. The fourth-order valence-corrected chi connectivity index (χ4v) is 4.16. The van der Waals surface area contributed by atoms with Crippen LogP contribution in [0, 0.1) is 11.6 Å². The summed E-state index contributed by atoms with van der Waals surface area (Å²) in [6.07, 6.45) is 0. The van der Waals surface area contributed by atoms with Crippen LogP contribution in [0.4, 0.5) is 13.9 Å². The Kier molecular flexibility index (Phi) is 6.47. The topological polar surface area (TPSA) is 48.5 Å². The van der Waals surface area contributed by atoms with Gasteiger partial charge in [0.25, 0.3) is 0 Å². The molecule has 0 atom stereocenters. The number of nitrogens with zero attached hydrogens (tertiary/aromatic N) is 3. The maximum Gasteiger partial charge on any atom is 0.240 e. The monoisotopic (exact) mass is 428 g/mol. The van der Waals surface area contributed by atoms with Crippen molar-refractivity contribution in [3.8, 4) is 11.3 Å². The van der Waals surface area contributed by atoms with Gasteiger partial charge >= 0.3 is 0 Å². The number of carbonyl (C=O) groups is 1. The summed E-state index contributed by atoms with van der Waals surface area (Å²) in [5.74, 6) is -1.94. The molecule has 1 aliphatic heterocycles. The highest BCUT2D eigenvalue weighted by molar-refractivity contribution is 7.14. The first-order valence-electron chi connectivity index (χ1n) is 9.76. The van der Waals surface area contributed by atoms with Crippen molar-refractivity contribution in [2.75, 3.05) is 38.0 Å². The Morgan fingerprint density at radius 2 is 1.73 bits per heavy atom. The van der Waals surface area contributed by atoms with Gasteiger partial charge in [0.15, 0.2) is 16.8 Å². The molecule has 156 valence electrons. The highest BCUT2D eigenvalue weighted by Gasteiger charge is 2.19. The fraction of sp³-hybridized carbons (Fsp3) is 0.273. The quantitative estimate of drug-likeness (QED) is 0.648. The van der Waals surface area contributed by atoms with Crippen molar-refractivity contribution in [1.82, 2.24) is 14.8 Å². The van der Waals surface area contributed by atoms with E-state index in [0.717, 1.165) is 44.9 Å². The van der Waals surface area contributed by atoms with Crippen LogP contribution in [0.25, 0.3) is 11.3 Å². The third-order valence-electron chi connectivity index (χ3n) is 5.05. The van der Waals surface area contributed by atoms with Crippen LogP contribution in [0.15, 0.2) is 53.9 Å². The predicted molar refractivity (Wildman–Crippen MR) is 114 cm³/mol. The number of benzene rings is 2. The van der Waals surface area contributed by atoms with E-state index in [1.54, 1.807) is 5.38 Å². The van der Waals surface area contributed by atoms with E-state index in [4.69, 9.17) is 0 Å². The first kappa shape index (κ1) is 20.6. The van der Waals surface area contributed by atoms with Crippen LogP contribution in [0.5, 0.6) is 0 Å². The lowest BCUT2D eigenvalue weighted by atomic mass is 10.2.